The molecule has 1 aromatic carbocycles. The van der Waals surface area contributed by atoms with Crippen LogP contribution in [0.2, 0.25) is 0 Å². The summed E-state index contributed by atoms with van der Waals surface area (Å²) in [6, 6.07) is 8.22. The molecule has 0 aromatic heterocycles. The zero-order valence-corrected chi connectivity index (χ0v) is 9.64. The van der Waals surface area contributed by atoms with E-state index in [1.807, 2.05) is 31.5 Å². The molecule has 2 atom stereocenters. The molecule has 0 spiro atoms. The van der Waals surface area contributed by atoms with Gasteiger partial charge >= 0.3 is 0 Å². The molecule has 0 fully saturated rings. The highest BCUT2D eigenvalue weighted by atomic mass is 15.3. The summed E-state index contributed by atoms with van der Waals surface area (Å²) in [7, 11) is 0. The summed E-state index contributed by atoms with van der Waals surface area (Å²) in [5, 5.41) is 6.42. The smallest absolute Gasteiger partial charge is 0.1000 e. The number of hydrogen-bond donors (Lipinski definition) is 3. The first-order chi connectivity index (χ1) is 7.66. The van der Waals surface area contributed by atoms with Gasteiger partial charge in [-0.1, -0.05) is 6.07 Å². The van der Waals surface area contributed by atoms with Crippen LogP contribution in [0.25, 0.3) is 0 Å². The van der Waals surface area contributed by atoms with Gasteiger partial charge in [0.15, 0.2) is 0 Å². The summed E-state index contributed by atoms with van der Waals surface area (Å²) in [5.41, 5.74) is 7.90. The molecule has 0 saturated carbocycles. The van der Waals surface area contributed by atoms with Crippen LogP contribution in [-0.2, 0) is 0 Å². The van der Waals surface area contributed by atoms with Crippen molar-refractivity contribution < 1.29 is 0 Å². The molecule has 16 heavy (non-hydrogen) atoms. The van der Waals surface area contributed by atoms with Crippen molar-refractivity contribution in [3.05, 3.63) is 36.7 Å². The zero-order valence-electron chi connectivity index (χ0n) is 9.64. The van der Waals surface area contributed by atoms with Crippen LogP contribution in [0.1, 0.15) is 13.8 Å². The summed E-state index contributed by atoms with van der Waals surface area (Å²) in [4.78, 5) is 2.17. The molecule has 0 bridgehead atoms. The molecule has 2 rings (SSSR count). The molecular weight excluding hydrogens is 200 g/mol. The number of rotatable bonds is 3. The first-order valence-corrected chi connectivity index (χ1v) is 5.50. The largest absolute Gasteiger partial charge is 0.370 e. The Labute approximate surface area is 96.1 Å². The van der Waals surface area contributed by atoms with Crippen molar-refractivity contribution in [3.63, 3.8) is 0 Å². The van der Waals surface area contributed by atoms with E-state index in [1.165, 1.54) is 0 Å². The summed E-state index contributed by atoms with van der Waals surface area (Å²) in [6.45, 7) is 4.04. The topological polar surface area (TPSA) is 53.3 Å². The SMILES string of the molecule is C[C@H](N)Nc1cccc(N2C=CN[C@@H]2C)c1. The van der Waals surface area contributed by atoms with Gasteiger partial charge in [-0.2, -0.15) is 0 Å². The minimum absolute atomic E-state index is 0.0417. The Bertz CT molecular complexity index is 386. The number of anilines is 2. The number of nitrogens with two attached hydrogens (primary N) is 1. The molecule has 4 nitrogen and oxygen atoms in total. The number of benzene rings is 1. The molecule has 0 unspecified atom stereocenters. The molecule has 1 aliphatic rings. The summed E-state index contributed by atoms with van der Waals surface area (Å²) in [6.07, 6.45) is 4.25. The third kappa shape index (κ3) is 2.28. The van der Waals surface area contributed by atoms with E-state index in [2.05, 4.69) is 34.6 Å². The highest BCUT2D eigenvalue weighted by Gasteiger charge is 2.14. The highest BCUT2D eigenvalue weighted by Crippen LogP contribution is 2.23. The van der Waals surface area contributed by atoms with Gasteiger partial charge in [0.05, 0.1) is 12.3 Å². The van der Waals surface area contributed by atoms with Gasteiger partial charge < -0.3 is 21.3 Å². The van der Waals surface area contributed by atoms with Crippen molar-refractivity contribution in [2.75, 3.05) is 10.2 Å². The van der Waals surface area contributed by atoms with Crippen molar-refractivity contribution >= 4 is 11.4 Å². The molecule has 0 saturated heterocycles. The first-order valence-electron chi connectivity index (χ1n) is 5.50. The number of nitrogens with one attached hydrogen (secondary N) is 2. The number of hydrogen-bond acceptors (Lipinski definition) is 4. The first kappa shape index (κ1) is 10.8. The standard InChI is InChI=1S/C12H18N4/c1-9(13)15-11-4-3-5-12(8-11)16-7-6-14-10(16)2/h3-10,14-15H,13H2,1-2H3/t9-,10+/m1/s1. The molecule has 0 amide bonds. The normalized spacial score (nSPS) is 20.7. The maximum absolute atomic E-state index is 5.70. The molecule has 1 heterocycles. The lowest BCUT2D eigenvalue weighted by Gasteiger charge is -2.23. The van der Waals surface area contributed by atoms with Crippen LogP contribution in [0.4, 0.5) is 11.4 Å². The van der Waals surface area contributed by atoms with E-state index in [1.54, 1.807) is 0 Å². The second-order valence-corrected chi connectivity index (χ2v) is 4.05. The third-order valence-electron chi connectivity index (χ3n) is 2.53. The van der Waals surface area contributed by atoms with Crippen LogP contribution in [0.15, 0.2) is 36.7 Å². The fourth-order valence-electron chi connectivity index (χ4n) is 1.80. The monoisotopic (exact) mass is 218 g/mol. The van der Waals surface area contributed by atoms with Crippen LogP contribution in [0, 0.1) is 0 Å². The van der Waals surface area contributed by atoms with Gasteiger partial charge in [0.25, 0.3) is 0 Å². The summed E-state index contributed by atoms with van der Waals surface area (Å²) < 4.78 is 0. The summed E-state index contributed by atoms with van der Waals surface area (Å²) >= 11 is 0. The second-order valence-electron chi connectivity index (χ2n) is 4.05. The molecule has 1 aliphatic heterocycles. The minimum Gasteiger partial charge on any atom is -0.370 e. The van der Waals surface area contributed by atoms with E-state index in [0.717, 1.165) is 11.4 Å². The van der Waals surface area contributed by atoms with Gasteiger partial charge in [0.1, 0.15) is 0 Å². The quantitative estimate of drug-likeness (QED) is 0.675. The summed E-state index contributed by atoms with van der Waals surface area (Å²) in [5.74, 6) is 0. The van der Waals surface area contributed by atoms with E-state index in [4.69, 9.17) is 5.73 Å². The third-order valence-corrected chi connectivity index (χ3v) is 2.53. The van der Waals surface area contributed by atoms with Gasteiger partial charge in [-0.3, -0.25) is 0 Å². The van der Waals surface area contributed by atoms with Crippen molar-refractivity contribution in [2.45, 2.75) is 26.2 Å². The van der Waals surface area contributed by atoms with Crippen LogP contribution < -0.4 is 21.3 Å². The van der Waals surface area contributed by atoms with Crippen molar-refractivity contribution in [2.24, 2.45) is 5.73 Å². The van der Waals surface area contributed by atoms with E-state index in [9.17, 15) is 0 Å². The Balaban J connectivity index is 2.18. The molecule has 4 heteroatoms. The molecule has 86 valence electrons. The van der Waals surface area contributed by atoms with Gasteiger partial charge in [-0.15, -0.1) is 0 Å². The Morgan fingerprint density at radius 1 is 1.50 bits per heavy atom. The van der Waals surface area contributed by atoms with Crippen molar-refractivity contribution in [3.8, 4) is 0 Å². The zero-order chi connectivity index (χ0) is 11.5. The lowest BCUT2D eigenvalue weighted by atomic mass is 10.2. The molecule has 0 radical (unpaired) electrons. The fraction of sp³-hybridized carbons (Fsp3) is 0.333. The van der Waals surface area contributed by atoms with E-state index in [-0.39, 0.29) is 6.17 Å². The predicted molar refractivity (Wildman–Crippen MR) is 67.9 cm³/mol. The lowest BCUT2D eigenvalue weighted by Crippen LogP contribution is -2.32. The Hall–Kier alpha value is -1.68. The predicted octanol–water partition coefficient (Wildman–Crippen LogP) is 1.63. The van der Waals surface area contributed by atoms with Crippen LogP contribution in [0.5, 0.6) is 0 Å². The van der Waals surface area contributed by atoms with Gasteiger partial charge in [0.2, 0.25) is 0 Å². The average Bonchev–Trinajstić information content (AvgIpc) is 2.64. The van der Waals surface area contributed by atoms with Crippen LogP contribution >= 0.6 is 0 Å². The second kappa shape index (κ2) is 4.45. The van der Waals surface area contributed by atoms with E-state index < -0.39 is 0 Å². The molecular formula is C12H18N4. The maximum Gasteiger partial charge on any atom is 0.1000 e. The Morgan fingerprint density at radius 3 is 2.94 bits per heavy atom. The van der Waals surface area contributed by atoms with Gasteiger partial charge in [-0.25, -0.2) is 0 Å². The van der Waals surface area contributed by atoms with Crippen LogP contribution in [0.3, 0.4) is 0 Å². The Kier molecular flexibility index (Phi) is 3.01. The maximum atomic E-state index is 5.70. The average molecular weight is 218 g/mol. The van der Waals surface area contributed by atoms with E-state index >= 15 is 0 Å². The Morgan fingerprint density at radius 2 is 2.31 bits per heavy atom. The fourth-order valence-corrected chi connectivity index (χ4v) is 1.80. The van der Waals surface area contributed by atoms with E-state index in [0.29, 0.717) is 6.17 Å². The minimum atomic E-state index is -0.0417. The molecule has 0 aliphatic carbocycles. The van der Waals surface area contributed by atoms with Gasteiger partial charge in [-0.05, 0) is 32.0 Å². The van der Waals surface area contributed by atoms with Crippen molar-refractivity contribution in [1.82, 2.24) is 5.32 Å². The van der Waals surface area contributed by atoms with Crippen molar-refractivity contribution in [1.29, 1.82) is 0 Å². The lowest BCUT2D eigenvalue weighted by molar-refractivity contribution is 0.684. The highest BCUT2D eigenvalue weighted by molar-refractivity contribution is 5.60. The number of nitrogens with zero attached hydrogens (tertiary/aromatic N) is 1. The van der Waals surface area contributed by atoms with Crippen LogP contribution in [-0.4, -0.2) is 12.3 Å². The van der Waals surface area contributed by atoms with Gasteiger partial charge in [0, 0.05) is 23.8 Å². The molecule has 1 aromatic rings. The molecule has 4 N–H and O–H groups in total.